The second-order valence-corrected chi connectivity index (χ2v) is 6.83. The molecule has 0 aromatic heterocycles. The lowest BCUT2D eigenvalue weighted by atomic mass is 9.84. The molecule has 3 nitrogen and oxygen atoms in total. The van der Waals surface area contributed by atoms with Gasteiger partial charge in [-0.05, 0) is 38.0 Å². The van der Waals surface area contributed by atoms with Crippen LogP contribution in [0.2, 0.25) is 0 Å². The van der Waals surface area contributed by atoms with Gasteiger partial charge in [0, 0.05) is 5.92 Å². The zero-order valence-electron chi connectivity index (χ0n) is 15.1. The lowest BCUT2D eigenvalue weighted by molar-refractivity contribution is -0.140. The summed E-state index contributed by atoms with van der Waals surface area (Å²) >= 11 is 0. The molecule has 25 heavy (non-hydrogen) atoms. The molecule has 2 aromatic rings. The maximum atomic E-state index is 12.8. The zero-order chi connectivity index (χ0) is 17.9. The van der Waals surface area contributed by atoms with E-state index in [0.717, 1.165) is 0 Å². The Morgan fingerprint density at radius 1 is 1.08 bits per heavy atom. The summed E-state index contributed by atoms with van der Waals surface area (Å²) in [6.45, 7) is 6.30. The monoisotopic (exact) mass is 335 g/mol. The molecule has 0 bridgehead atoms. The Kier molecular flexibility index (Phi) is 5.05. The second-order valence-electron chi connectivity index (χ2n) is 6.83. The van der Waals surface area contributed by atoms with Crippen molar-refractivity contribution in [2.75, 3.05) is 6.61 Å². The van der Waals surface area contributed by atoms with Gasteiger partial charge in [-0.1, -0.05) is 66.7 Å². The molecular weight excluding hydrogens is 310 g/mol. The number of amides is 1. The molecule has 0 saturated carbocycles. The summed E-state index contributed by atoms with van der Waals surface area (Å²) in [7, 11) is 0. The van der Waals surface area contributed by atoms with Crippen LogP contribution in [0.4, 0.5) is 0 Å². The molecule has 0 radical (unpaired) electrons. The molecule has 1 amide bonds. The number of nitrogens with zero attached hydrogens (tertiary/aromatic N) is 1. The topological polar surface area (TPSA) is 29.5 Å². The van der Waals surface area contributed by atoms with Crippen molar-refractivity contribution in [2.45, 2.75) is 38.5 Å². The third kappa shape index (κ3) is 3.52. The standard InChI is InChI=1S/C22H25NO2/c1-4-11-20(24)23-19(16-25-22(23,2)3)21(17-12-7-5-8-13-17)18-14-9-6-10-15-18/h4-15,19,21H,16H2,1-3H3/b11-4+/t19-/m1/s1. The first-order chi connectivity index (χ1) is 12.0. The quantitative estimate of drug-likeness (QED) is 0.777. The Hall–Kier alpha value is -2.39. The fraction of sp³-hybridized carbons (Fsp3) is 0.318. The van der Waals surface area contributed by atoms with Gasteiger partial charge in [-0.15, -0.1) is 0 Å². The Balaban J connectivity index is 2.08. The Morgan fingerprint density at radius 2 is 1.60 bits per heavy atom. The van der Waals surface area contributed by atoms with E-state index < -0.39 is 5.72 Å². The third-order valence-corrected chi connectivity index (χ3v) is 4.77. The summed E-state index contributed by atoms with van der Waals surface area (Å²) in [5, 5.41) is 0. The molecule has 0 aliphatic carbocycles. The summed E-state index contributed by atoms with van der Waals surface area (Å²) in [5.74, 6) is 0.0604. The molecule has 1 aliphatic heterocycles. The Bertz CT molecular complexity index is 698. The molecule has 2 aromatic carbocycles. The van der Waals surface area contributed by atoms with Gasteiger partial charge in [-0.25, -0.2) is 0 Å². The lowest BCUT2D eigenvalue weighted by Crippen LogP contribution is -2.49. The summed E-state index contributed by atoms with van der Waals surface area (Å²) in [6.07, 6.45) is 3.41. The highest BCUT2D eigenvalue weighted by Gasteiger charge is 2.46. The van der Waals surface area contributed by atoms with Crippen molar-refractivity contribution in [3.05, 3.63) is 83.9 Å². The van der Waals surface area contributed by atoms with Gasteiger partial charge in [0.2, 0.25) is 5.91 Å². The maximum Gasteiger partial charge on any atom is 0.248 e. The molecule has 0 N–H and O–H groups in total. The first kappa shape index (κ1) is 17.4. The number of rotatable bonds is 4. The molecule has 1 atom stereocenters. The van der Waals surface area contributed by atoms with E-state index in [-0.39, 0.29) is 17.9 Å². The van der Waals surface area contributed by atoms with Gasteiger partial charge in [-0.2, -0.15) is 0 Å². The van der Waals surface area contributed by atoms with Crippen LogP contribution in [0.1, 0.15) is 37.8 Å². The predicted molar refractivity (Wildman–Crippen MR) is 100 cm³/mol. The van der Waals surface area contributed by atoms with Crippen LogP contribution in [0.15, 0.2) is 72.8 Å². The number of carbonyl (C=O) groups is 1. The highest BCUT2D eigenvalue weighted by Crippen LogP contribution is 2.39. The minimum atomic E-state index is -0.622. The molecule has 1 aliphatic rings. The van der Waals surface area contributed by atoms with E-state index in [9.17, 15) is 4.79 Å². The van der Waals surface area contributed by atoms with E-state index in [4.69, 9.17) is 4.74 Å². The molecule has 0 spiro atoms. The van der Waals surface area contributed by atoms with Crippen LogP contribution >= 0.6 is 0 Å². The predicted octanol–water partition coefficient (Wildman–Crippen LogP) is 4.36. The average molecular weight is 335 g/mol. The fourth-order valence-electron chi connectivity index (χ4n) is 3.69. The third-order valence-electron chi connectivity index (χ3n) is 4.77. The van der Waals surface area contributed by atoms with E-state index in [2.05, 4.69) is 24.3 Å². The van der Waals surface area contributed by atoms with E-state index in [1.54, 1.807) is 12.2 Å². The van der Waals surface area contributed by atoms with Gasteiger partial charge in [0.1, 0.15) is 5.72 Å². The highest BCUT2D eigenvalue weighted by atomic mass is 16.5. The molecule has 1 heterocycles. The maximum absolute atomic E-state index is 12.8. The minimum absolute atomic E-state index is 0.00753. The van der Waals surface area contributed by atoms with Gasteiger partial charge in [0.05, 0.1) is 12.6 Å². The van der Waals surface area contributed by atoms with Crippen LogP contribution in [-0.4, -0.2) is 29.2 Å². The smallest absolute Gasteiger partial charge is 0.248 e. The molecule has 130 valence electrons. The number of hydrogen-bond donors (Lipinski definition) is 0. The molecule has 3 rings (SSSR count). The van der Waals surface area contributed by atoms with Gasteiger partial charge in [0.15, 0.2) is 0 Å². The Morgan fingerprint density at radius 3 is 2.08 bits per heavy atom. The number of carbonyl (C=O) groups excluding carboxylic acids is 1. The summed E-state index contributed by atoms with van der Waals surface area (Å²) in [5.41, 5.74) is 1.76. The molecule has 1 fully saturated rings. The SMILES string of the molecule is C/C=C/C(=O)N1[C@@H](C(c2ccccc2)c2ccccc2)COC1(C)C. The van der Waals surface area contributed by atoms with E-state index >= 15 is 0 Å². The van der Waals surface area contributed by atoms with Crippen molar-refractivity contribution in [3.63, 3.8) is 0 Å². The van der Waals surface area contributed by atoms with Gasteiger partial charge in [0.25, 0.3) is 0 Å². The first-order valence-corrected chi connectivity index (χ1v) is 8.74. The number of hydrogen-bond acceptors (Lipinski definition) is 2. The van der Waals surface area contributed by atoms with Crippen LogP contribution in [0.5, 0.6) is 0 Å². The van der Waals surface area contributed by atoms with Crippen molar-refractivity contribution in [2.24, 2.45) is 0 Å². The van der Waals surface area contributed by atoms with Crippen molar-refractivity contribution in [1.29, 1.82) is 0 Å². The number of ether oxygens (including phenoxy) is 1. The minimum Gasteiger partial charge on any atom is -0.354 e. The van der Waals surface area contributed by atoms with Crippen molar-refractivity contribution >= 4 is 5.91 Å². The second kappa shape index (κ2) is 7.24. The lowest BCUT2D eigenvalue weighted by Gasteiger charge is -2.36. The summed E-state index contributed by atoms with van der Waals surface area (Å²) in [6, 6.07) is 20.7. The summed E-state index contributed by atoms with van der Waals surface area (Å²) < 4.78 is 6.03. The molecule has 3 heteroatoms. The van der Waals surface area contributed by atoms with Crippen LogP contribution in [-0.2, 0) is 9.53 Å². The van der Waals surface area contributed by atoms with Crippen molar-refractivity contribution < 1.29 is 9.53 Å². The number of allylic oxidation sites excluding steroid dienone is 1. The highest BCUT2D eigenvalue weighted by molar-refractivity contribution is 5.88. The average Bonchev–Trinajstić information content (AvgIpc) is 2.92. The molecule has 0 unspecified atom stereocenters. The van der Waals surface area contributed by atoms with E-state index in [1.165, 1.54) is 11.1 Å². The van der Waals surface area contributed by atoms with Crippen LogP contribution in [0.3, 0.4) is 0 Å². The van der Waals surface area contributed by atoms with Crippen molar-refractivity contribution in [1.82, 2.24) is 4.90 Å². The normalized spacial score (nSPS) is 19.7. The van der Waals surface area contributed by atoms with E-state index in [0.29, 0.717) is 6.61 Å². The van der Waals surface area contributed by atoms with Crippen molar-refractivity contribution in [3.8, 4) is 0 Å². The first-order valence-electron chi connectivity index (χ1n) is 8.74. The van der Waals surface area contributed by atoms with Crippen LogP contribution < -0.4 is 0 Å². The fourth-order valence-corrected chi connectivity index (χ4v) is 3.69. The number of benzene rings is 2. The van der Waals surface area contributed by atoms with Gasteiger partial charge >= 0.3 is 0 Å². The molecular formula is C22H25NO2. The van der Waals surface area contributed by atoms with Gasteiger partial charge in [-0.3, -0.25) is 4.79 Å². The van der Waals surface area contributed by atoms with Crippen LogP contribution in [0, 0.1) is 0 Å². The van der Waals surface area contributed by atoms with E-state index in [1.807, 2.05) is 62.1 Å². The Labute approximate surface area is 149 Å². The molecule has 1 saturated heterocycles. The van der Waals surface area contributed by atoms with Gasteiger partial charge < -0.3 is 9.64 Å². The van der Waals surface area contributed by atoms with Crippen LogP contribution in [0.25, 0.3) is 0 Å². The largest absolute Gasteiger partial charge is 0.354 e. The summed E-state index contributed by atoms with van der Waals surface area (Å²) in [4.78, 5) is 14.7. The zero-order valence-corrected chi connectivity index (χ0v) is 15.1.